The van der Waals surface area contributed by atoms with E-state index in [1.54, 1.807) is 17.1 Å². The number of fused-ring (bicyclic) bond motifs is 1. The highest BCUT2D eigenvalue weighted by atomic mass is 16.3. The van der Waals surface area contributed by atoms with Gasteiger partial charge in [-0.05, 0) is 18.2 Å². The third kappa shape index (κ3) is 1.87. The first-order valence-corrected chi connectivity index (χ1v) is 5.37. The number of anilines is 1. The van der Waals surface area contributed by atoms with E-state index in [0.717, 1.165) is 22.5 Å². The predicted molar refractivity (Wildman–Crippen MR) is 64.5 cm³/mol. The van der Waals surface area contributed by atoms with Crippen LogP contribution in [0.25, 0.3) is 11.0 Å². The molecule has 5 nitrogen and oxygen atoms in total. The van der Waals surface area contributed by atoms with Crippen molar-refractivity contribution in [1.29, 1.82) is 0 Å². The van der Waals surface area contributed by atoms with Crippen molar-refractivity contribution in [2.24, 2.45) is 7.05 Å². The number of pyridine rings is 1. The van der Waals surface area contributed by atoms with Crippen LogP contribution in [0.2, 0.25) is 0 Å². The van der Waals surface area contributed by atoms with Gasteiger partial charge in [0.2, 0.25) is 0 Å². The minimum atomic E-state index is 0.651. The second-order valence-corrected chi connectivity index (χ2v) is 3.83. The van der Waals surface area contributed by atoms with Gasteiger partial charge in [-0.25, -0.2) is 4.98 Å². The number of aromatic nitrogens is 3. The molecule has 0 bridgehead atoms. The third-order valence-corrected chi connectivity index (χ3v) is 2.59. The number of furan rings is 1. The first-order chi connectivity index (χ1) is 8.33. The lowest BCUT2D eigenvalue weighted by Gasteiger charge is -2.03. The van der Waals surface area contributed by atoms with Gasteiger partial charge in [-0.15, -0.1) is 0 Å². The van der Waals surface area contributed by atoms with Crippen LogP contribution >= 0.6 is 0 Å². The average Bonchev–Trinajstić information content (AvgIpc) is 2.94. The summed E-state index contributed by atoms with van der Waals surface area (Å²) in [5.41, 5.74) is 1.82. The van der Waals surface area contributed by atoms with Gasteiger partial charge in [0.05, 0.1) is 23.9 Å². The average molecular weight is 228 g/mol. The third-order valence-electron chi connectivity index (χ3n) is 2.59. The Hall–Kier alpha value is -2.30. The Morgan fingerprint density at radius 2 is 2.29 bits per heavy atom. The van der Waals surface area contributed by atoms with Crippen LogP contribution in [0, 0.1) is 0 Å². The van der Waals surface area contributed by atoms with Crippen LogP contribution in [0.3, 0.4) is 0 Å². The van der Waals surface area contributed by atoms with Crippen LogP contribution in [0.5, 0.6) is 0 Å². The van der Waals surface area contributed by atoms with Crippen molar-refractivity contribution in [3.8, 4) is 0 Å². The van der Waals surface area contributed by atoms with Crippen molar-refractivity contribution >= 4 is 16.8 Å². The lowest BCUT2D eigenvalue weighted by Crippen LogP contribution is -2.02. The smallest absolute Gasteiger partial charge is 0.139 e. The van der Waals surface area contributed by atoms with Gasteiger partial charge in [0.15, 0.2) is 0 Å². The van der Waals surface area contributed by atoms with E-state index in [0.29, 0.717) is 6.54 Å². The summed E-state index contributed by atoms with van der Waals surface area (Å²) in [5, 5.41) is 8.54. The molecular formula is C12H12N4O. The number of hydrogen-bond donors (Lipinski definition) is 1. The van der Waals surface area contributed by atoms with Crippen LogP contribution in [0.4, 0.5) is 5.82 Å². The molecule has 0 radical (unpaired) electrons. The zero-order valence-electron chi connectivity index (χ0n) is 9.42. The number of hydrogen-bond acceptors (Lipinski definition) is 4. The molecule has 0 atom stereocenters. The van der Waals surface area contributed by atoms with Gasteiger partial charge in [0, 0.05) is 19.4 Å². The van der Waals surface area contributed by atoms with Gasteiger partial charge in [-0.3, -0.25) is 4.68 Å². The number of nitrogens with zero attached hydrogens (tertiary/aromatic N) is 3. The van der Waals surface area contributed by atoms with E-state index >= 15 is 0 Å². The van der Waals surface area contributed by atoms with Crippen LogP contribution in [0.1, 0.15) is 5.69 Å². The molecule has 3 aromatic rings. The Morgan fingerprint density at radius 1 is 1.35 bits per heavy atom. The Bertz CT molecular complexity index is 641. The molecule has 0 aliphatic heterocycles. The molecular weight excluding hydrogens is 216 g/mol. The maximum atomic E-state index is 5.31. The van der Waals surface area contributed by atoms with Crippen molar-refractivity contribution in [3.05, 3.63) is 42.5 Å². The van der Waals surface area contributed by atoms with E-state index in [2.05, 4.69) is 15.4 Å². The van der Waals surface area contributed by atoms with Crippen LogP contribution in [0.15, 0.2) is 41.3 Å². The normalized spacial score (nSPS) is 10.9. The van der Waals surface area contributed by atoms with E-state index in [4.69, 9.17) is 4.42 Å². The first kappa shape index (κ1) is 9.89. The number of nitrogens with one attached hydrogen (secondary N) is 1. The molecule has 86 valence electrons. The van der Waals surface area contributed by atoms with E-state index < -0.39 is 0 Å². The fourth-order valence-electron chi connectivity index (χ4n) is 1.77. The van der Waals surface area contributed by atoms with Gasteiger partial charge in [-0.1, -0.05) is 0 Å². The maximum Gasteiger partial charge on any atom is 0.139 e. The minimum Gasteiger partial charge on any atom is -0.464 e. The SMILES string of the molecule is Cn1ccc(CNc2nccc3occc23)n1. The molecule has 0 saturated carbocycles. The summed E-state index contributed by atoms with van der Waals surface area (Å²) in [5.74, 6) is 0.821. The summed E-state index contributed by atoms with van der Waals surface area (Å²) in [6, 6.07) is 5.73. The molecule has 0 aromatic carbocycles. The highest BCUT2D eigenvalue weighted by Gasteiger charge is 2.04. The zero-order chi connectivity index (χ0) is 11.7. The lowest BCUT2D eigenvalue weighted by molar-refractivity contribution is 0.615. The molecule has 0 saturated heterocycles. The fourth-order valence-corrected chi connectivity index (χ4v) is 1.77. The summed E-state index contributed by atoms with van der Waals surface area (Å²) >= 11 is 0. The molecule has 0 spiro atoms. The fraction of sp³-hybridized carbons (Fsp3) is 0.167. The molecule has 17 heavy (non-hydrogen) atoms. The van der Waals surface area contributed by atoms with E-state index in [1.165, 1.54) is 0 Å². The second-order valence-electron chi connectivity index (χ2n) is 3.83. The van der Waals surface area contributed by atoms with Crippen molar-refractivity contribution in [2.75, 3.05) is 5.32 Å². The Morgan fingerprint density at radius 3 is 3.12 bits per heavy atom. The van der Waals surface area contributed by atoms with Gasteiger partial charge >= 0.3 is 0 Å². The van der Waals surface area contributed by atoms with E-state index in [-0.39, 0.29) is 0 Å². The Balaban J connectivity index is 1.83. The first-order valence-electron chi connectivity index (χ1n) is 5.37. The van der Waals surface area contributed by atoms with Crippen LogP contribution in [-0.2, 0) is 13.6 Å². The highest BCUT2D eigenvalue weighted by molar-refractivity contribution is 5.87. The predicted octanol–water partition coefficient (Wildman–Crippen LogP) is 2.17. The van der Waals surface area contributed by atoms with Crippen LogP contribution in [-0.4, -0.2) is 14.8 Å². The molecule has 1 N–H and O–H groups in total. The molecule has 3 rings (SSSR count). The number of rotatable bonds is 3. The van der Waals surface area contributed by atoms with E-state index in [9.17, 15) is 0 Å². The maximum absolute atomic E-state index is 5.31. The van der Waals surface area contributed by atoms with Crippen molar-refractivity contribution in [3.63, 3.8) is 0 Å². The van der Waals surface area contributed by atoms with E-state index in [1.807, 2.05) is 31.4 Å². The molecule has 0 aliphatic rings. The zero-order valence-corrected chi connectivity index (χ0v) is 9.42. The lowest BCUT2D eigenvalue weighted by atomic mass is 10.3. The standard InChI is InChI=1S/C12H12N4O/c1-16-6-3-9(15-16)8-14-12-10-4-7-17-11(10)2-5-13-12/h2-7H,8H2,1H3,(H,13,14). The van der Waals surface area contributed by atoms with Gasteiger partial charge in [0.25, 0.3) is 0 Å². The summed E-state index contributed by atoms with van der Waals surface area (Å²) in [7, 11) is 1.90. The quantitative estimate of drug-likeness (QED) is 0.746. The molecule has 0 unspecified atom stereocenters. The summed E-state index contributed by atoms with van der Waals surface area (Å²) in [6.07, 6.45) is 5.31. The second kappa shape index (κ2) is 3.93. The molecule has 0 fully saturated rings. The molecule has 3 aromatic heterocycles. The summed E-state index contributed by atoms with van der Waals surface area (Å²) in [4.78, 5) is 4.30. The summed E-state index contributed by atoms with van der Waals surface area (Å²) in [6.45, 7) is 0.651. The molecule has 5 heteroatoms. The number of aryl methyl sites for hydroxylation is 1. The summed E-state index contributed by atoms with van der Waals surface area (Å²) < 4.78 is 7.10. The monoisotopic (exact) mass is 228 g/mol. The topological polar surface area (TPSA) is 55.9 Å². The highest BCUT2D eigenvalue weighted by Crippen LogP contribution is 2.21. The van der Waals surface area contributed by atoms with Crippen LogP contribution < -0.4 is 5.32 Å². The molecule has 3 heterocycles. The largest absolute Gasteiger partial charge is 0.464 e. The van der Waals surface area contributed by atoms with Gasteiger partial charge in [-0.2, -0.15) is 5.10 Å². The van der Waals surface area contributed by atoms with Gasteiger partial charge in [0.1, 0.15) is 11.4 Å². The molecule has 0 aliphatic carbocycles. The molecule has 0 amide bonds. The van der Waals surface area contributed by atoms with Crippen molar-refractivity contribution in [1.82, 2.24) is 14.8 Å². The van der Waals surface area contributed by atoms with Gasteiger partial charge < -0.3 is 9.73 Å². The minimum absolute atomic E-state index is 0.651. The van der Waals surface area contributed by atoms with Crippen molar-refractivity contribution in [2.45, 2.75) is 6.54 Å². The Kier molecular flexibility index (Phi) is 2.29. The Labute approximate surface area is 98.1 Å². The van der Waals surface area contributed by atoms with Crippen molar-refractivity contribution < 1.29 is 4.42 Å².